The van der Waals surface area contributed by atoms with Crippen molar-refractivity contribution in [3.8, 4) is 16.6 Å². The molecule has 5 nitrogen and oxygen atoms in total. The quantitative estimate of drug-likeness (QED) is 0.741. The third-order valence-electron chi connectivity index (χ3n) is 3.73. The van der Waals surface area contributed by atoms with E-state index >= 15 is 0 Å². The van der Waals surface area contributed by atoms with Crippen molar-refractivity contribution < 1.29 is 4.74 Å². The average Bonchev–Trinajstić information content (AvgIpc) is 2.96. The van der Waals surface area contributed by atoms with E-state index in [0.717, 1.165) is 36.1 Å². The highest BCUT2D eigenvalue weighted by Gasteiger charge is 2.16. The molecule has 4 rings (SSSR count). The molecule has 116 valence electrons. The third-order valence-corrected chi connectivity index (χ3v) is 4.61. The van der Waals surface area contributed by atoms with Gasteiger partial charge in [-0.3, -0.25) is 4.90 Å². The minimum absolute atomic E-state index is 0.688. The molecule has 1 aliphatic rings. The topological polar surface area (TPSA) is 51.1 Å². The molecule has 0 saturated carbocycles. The van der Waals surface area contributed by atoms with E-state index < -0.39 is 0 Å². The van der Waals surface area contributed by atoms with Crippen LogP contribution in [0.2, 0.25) is 0 Å². The molecule has 0 N–H and O–H groups in total. The number of hydrogen-bond donors (Lipinski definition) is 0. The van der Waals surface area contributed by atoms with Gasteiger partial charge >= 0.3 is 0 Å². The molecule has 0 spiro atoms. The summed E-state index contributed by atoms with van der Waals surface area (Å²) in [7, 11) is 0. The molecular weight excluding hydrogens is 308 g/mol. The van der Waals surface area contributed by atoms with Gasteiger partial charge < -0.3 is 4.74 Å². The van der Waals surface area contributed by atoms with Gasteiger partial charge in [0.15, 0.2) is 10.8 Å². The fourth-order valence-corrected chi connectivity index (χ4v) is 3.39. The normalized spacial score (nSPS) is 14.8. The molecule has 0 saturated heterocycles. The lowest BCUT2D eigenvalue weighted by Gasteiger charge is -2.17. The number of fused-ring (bicyclic) bond motifs is 1. The van der Waals surface area contributed by atoms with Crippen LogP contribution in [0.5, 0.6) is 5.75 Å². The lowest BCUT2D eigenvalue weighted by atomic mass is 10.2. The Labute approximate surface area is 138 Å². The number of rotatable bonds is 3. The lowest BCUT2D eigenvalue weighted by molar-refractivity contribution is 0.218. The summed E-state index contributed by atoms with van der Waals surface area (Å²) in [5.74, 6) is 1.68. The fraction of sp³-hybridized carbons (Fsp3) is 0.235. The van der Waals surface area contributed by atoms with E-state index in [9.17, 15) is 0 Å². The van der Waals surface area contributed by atoms with Crippen LogP contribution in [0.15, 0.2) is 48.1 Å². The van der Waals surface area contributed by atoms with Crippen molar-refractivity contribution in [3.05, 3.63) is 59.4 Å². The van der Waals surface area contributed by atoms with Crippen LogP contribution < -0.4 is 4.74 Å². The van der Waals surface area contributed by atoms with E-state index in [0.29, 0.717) is 12.4 Å². The largest absolute Gasteiger partial charge is 0.492 e. The zero-order chi connectivity index (χ0) is 15.5. The number of thiazole rings is 1. The summed E-state index contributed by atoms with van der Waals surface area (Å²) in [6, 6.07) is 10.0. The first-order valence-corrected chi connectivity index (χ1v) is 8.41. The summed E-state index contributed by atoms with van der Waals surface area (Å²) in [4.78, 5) is 15.5. The molecule has 0 bridgehead atoms. The Bertz CT molecular complexity index is 790. The van der Waals surface area contributed by atoms with Crippen LogP contribution in [0.1, 0.15) is 11.3 Å². The Hall–Kier alpha value is -2.31. The van der Waals surface area contributed by atoms with Crippen LogP contribution in [0.4, 0.5) is 0 Å². The first-order chi connectivity index (χ1) is 11.4. The monoisotopic (exact) mass is 324 g/mol. The average molecular weight is 324 g/mol. The minimum Gasteiger partial charge on any atom is -0.492 e. The Balaban J connectivity index is 1.49. The zero-order valence-electron chi connectivity index (χ0n) is 12.6. The van der Waals surface area contributed by atoms with Gasteiger partial charge in [-0.2, -0.15) is 0 Å². The number of para-hydroxylation sites is 1. The maximum absolute atomic E-state index is 5.81. The molecule has 0 radical (unpaired) electrons. The molecule has 0 aliphatic carbocycles. The SMILES string of the molecule is c1cnc(-c2nc(CN3CCOc4ccccc4C3)cs2)nc1. The van der Waals surface area contributed by atoms with E-state index in [1.807, 2.05) is 18.2 Å². The van der Waals surface area contributed by atoms with Crippen molar-refractivity contribution in [2.45, 2.75) is 13.1 Å². The number of nitrogens with zero attached hydrogens (tertiary/aromatic N) is 4. The van der Waals surface area contributed by atoms with Gasteiger partial charge in [-0.15, -0.1) is 11.3 Å². The second-order valence-electron chi connectivity index (χ2n) is 5.38. The number of benzene rings is 1. The maximum Gasteiger partial charge on any atom is 0.188 e. The standard InChI is InChI=1S/C17H16N4OS/c1-2-5-15-13(4-1)10-21(8-9-22-15)11-14-12-23-17(20-14)16-18-6-3-7-19-16/h1-7,12H,8-11H2. The Morgan fingerprint density at radius 2 is 2.00 bits per heavy atom. The number of aromatic nitrogens is 3. The highest BCUT2D eigenvalue weighted by molar-refractivity contribution is 7.13. The molecular formula is C17H16N4OS. The highest BCUT2D eigenvalue weighted by Crippen LogP contribution is 2.25. The fourth-order valence-electron chi connectivity index (χ4n) is 2.64. The molecule has 0 fully saturated rings. The summed E-state index contributed by atoms with van der Waals surface area (Å²) in [5.41, 5.74) is 2.28. The van der Waals surface area contributed by atoms with Crippen molar-refractivity contribution in [1.29, 1.82) is 0 Å². The first-order valence-electron chi connectivity index (χ1n) is 7.53. The second-order valence-corrected chi connectivity index (χ2v) is 6.24. The van der Waals surface area contributed by atoms with E-state index in [1.165, 1.54) is 5.56 Å². The minimum atomic E-state index is 0.688. The summed E-state index contributed by atoms with van der Waals surface area (Å²) in [6.07, 6.45) is 3.49. The molecule has 3 heterocycles. The highest BCUT2D eigenvalue weighted by atomic mass is 32.1. The van der Waals surface area contributed by atoms with Gasteiger partial charge in [-0.05, 0) is 12.1 Å². The Kier molecular flexibility index (Phi) is 4.00. The summed E-state index contributed by atoms with van der Waals surface area (Å²) < 4.78 is 5.81. The van der Waals surface area contributed by atoms with Crippen molar-refractivity contribution in [3.63, 3.8) is 0 Å². The van der Waals surface area contributed by atoms with Crippen molar-refractivity contribution in [2.75, 3.05) is 13.2 Å². The second kappa shape index (κ2) is 6.44. The van der Waals surface area contributed by atoms with Gasteiger partial charge in [0.05, 0.1) is 5.69 Å². The first kappa shape index (κ1) is 14.3. The van der Waals surface area contributed by atoms with Crippen LogP contribution in [-0.2, 0) is 13.1 Å². The van der Waals surface area contributed by atoms with Gasteiger partial charge in [0.25, 0.3) is 0 Å². The van der Waals surface area contributed by atoms with E-state index in [4.69, 9.17) is 4.74 Å². The lowest BCUT2D eigenvalue weighted by Crippen LogP contribution is -2.25. The molecule has 2 aromatic heterocycles. The van der Waals surface area contributed by atoms with Crippen LogP contribution in [-0.4, -0.2) is 33.0 Å². The molecule has 0 atom stereocenters. The van der Waals surface area contributed by atoms with Gasteiger partial charge in [0, 0.05) is 43.0 Å². The van der Waals surface area contributed by atoms with Gasteiger partial charge in [0.2, 0.25) is 0 Å². The molecule has 23 heavy (non-hydrogen) atoms. The van der Waals surface area contributed by atoms with Gasteiger partial charge in [-0.25, -0.2) is 15.0 Å². The van der Waals surface area contributed by atoms with E-state index in [2.05, 4.69) is 37.4 Å². The molecule has 1 aliphatic heterocycles. The summed E-state index contributed by atoms with van der Waals surface area (Å²) in [5, 5.41) is 2.95. The van der Waals surface area contributed by atoms with E-state index in [-0.39, 0.29) is 0 Å². The smallest absolute Gasteiger partial charge is 0.188 e. The summed E-state index contributed by atoms with van der Waals surface area (Å²) in [6.45, 7) is 3.28. The van der Waals surface area contributed by atoms with Crippen LogP contribution in [0.25, 0.3) is 10.8 Å². The van der Waals surface area contributed by atoms with Crippen molar-refractivity contribution in [1.82, 2.24) is 19.9 Å². The van der Waals surface area contributed by atoms with Crippen molar-refractivity contribution in [2.24, 2.45) is 0 Å². The third kappa shape index (κ3) is 3.23. The predicted molar refractivity (Wildman–Crippen MR) is 89.2 cm³/mol. The Morgan fingerprint density at radius 1 is 1.13 bits per heavy atom. The zero-order valence-corrected chi connectivity index (χ0v) is 13.4. The van der Waals surface area contributed by atoms with Crippen LogP contribution >= 0.6 is 11.3 Å². The molecule has 0 unspecified atom stereocenters. The van der Waals surface area contributed by atoms with Crippen molar-refractivity contribution >= 4 is 11.3 Å². The Morgan fingerprint density at radius 3 is 2.91 bits per heavy atom. The molecule has 6 heteroatoms. The van der Waals surface area contributed by atoms with E-state index in [1.54, 1.807) is 23.7 Å². The van der Waals surface area contributed by atoms with Gasteiger partial charge in [-0.1, -0.05) is 18.2 Å². The maximum atomic E-state index is 5.81. The molecule has 1 aromatic carbocycles. The number of hydrogen-bond acceptors (Lipinski definition) is 6. The molecule has 0 amide bonds. The molecule has 3 aromatic rings. The predicted octanol–water partition coefficient (Wildman–Crippen LogP) is 2.99. The van der Waals surface area contributed by atoms with Crippen LogP contribution in [0.3, 0.4) is 0 Å². The van der Waals surface area contributed by atoms with Crippen LogP contribution in [0, 0.1) is 0 Å². The van der Waals surface area contributed by atoms with Gasteiger partial charge in [0.1, 0.15) is 12.4 Å². The number of ether oxygens (including phenoxy) is 1. The summed E-state index contributed by atoms with van der Waals surface area (Å²) >= 11 is 1.59.